The zero-order valence-electron chi connectivity index (χ0n) is 14.1. The lowest BCUT2D eigenvalue weighted by Gasteiger charge is -2.16. The van der Waals surface area contributed by atoms with Crippen molar-refractivity contribution in [3.05, 3.63) is 51.5 Å². The minimum atomic E-state index is 0. The van der Waals surface area contributed by atoms with Gasteiger partial charge in [0.05, 0.1) is 17.7 Å². The Balaban J connectivity index is 0.00000264. The van der Waals surface area contributed by atoms with Crippen molar-refractivity contribution >= 4 is 41.3 Å². The van der Waals surface area contributed by atoms with E-state index in [-0.39, 0.29) is 24.0 Å². The molecule has 1 heterocycles. The predicted octanol–water partition coefficient (Wildman–Crippen LogP) is 3.85. The van der Waals surface area contributed by atoms with Crippen molar-refractivity contribution in [2.45, 2.75) is 33.2 Å². The fraction of sp³-hybridized carbons (Fsp3) is 0.412. The van der Waals surface area contributed by atoms with Crippen LogP contribution in [-0.4, -0.2) is 24.5 Å². The minimum Gasteiger partial charge on any atom is -0.356 e. The molecule has 2 N–H and O–H groups in total. The molecule has 2 rings (SSSR count). The zero-order chi connectivity index (χ0) is 15.9. The van der Waals surface area contributed by atoms with E-state index in [0.29, 0.717) is 5.92 Å². The number of nitrogens with zero attached hydrogens (tertiary/aromatic N) is 2. The summed E-state index contributed by atoms with van der Waals surface area (Å²) < 4.78 is 0. The Labute approximate surface area is 159 Å². The van der Waals surface area contributed by atoms with Crippen LogP contribution in [-0.2, 0) is 6.54 Å². The van der Waals surface area contributed by atoms with E-state index in [2.05, 4.69) is 58.7 Å². The number of benzene rings is 1. The molecular weight excluding hydrogens is 419 g/mol. The topological polar surface area (TPSA) is 49.3 Å². The lowest BCUT2D eigenvalue weighted by molar-refractivity contribution is 0.699. The fourth-order valence-corrected chi connectivity index (χ4v) is 2.94. The Morgan fingerprint density at radius 3 is 2.70 bits per heavy atom. The molecule has 0 aliphatic carbocycles. The molecule has 0 fully saturated rings. The highest BCUT2D eigenvalue weighted by Gasteiger charge is 2.08. The van der Waals surface area contributed by atoms with E-state index in [4.69, 9.17) is 0 Å². The van der Waals surface area contributed by atoms with Crippen molar-refractivity contribution in [1.82, 2.24) is 15.6 Å². The van der Waals surface area contributed by atoms with E-state index in [1.165, 1.54) is 16.0 Å². The lowest BCUT2D eigenvalue weighted by atomic mass is 9.99. The highest BCUT2D eigenvalue weighted by atomic mass is 127. The van der Waals surface area contributed by atoms with Crippen molar-refractivity contribution < 1.29 is 0 Å². The molecule has 2 aromatic rings. The maximum atomic E-state index is 4.28. The first-order valence-electron chi connectivity index (χ1n) is 7.50. The van der Waals surface area contributed by atoms with Gasteiger partial charge in [0.1, 0.15) is 0 Å². The first-order chi connectivity index (χ1) is 10.6. The molecule has 0 spiro atoms. The molecule has 0 aliphatic heterocycles. The number of halogens is 1. The van der Waals surface area contributed by atoms with Crippen LogP contribution in [0.4, 0.5) is 0 Å². The van der Waals surface area contributed by atoms with Crippen molar-refractivity contribution in [1.29, 1.82) is 0 Å². The van der Waals surface area contributed by atoms with E-state index in [9.17, 15) is 0 Å². The Kier molecular flexibility index (Phi) is 8.54. The van der Waals surface area contributed by atoms with Gasteiger partial charge < -0.3 is 10.6 Å². The molecule has 1 atom stereocenters. The van der Waals surface area contributed by atoms with Gasteiger partial charge in [0, 0.05) is 18.5 Å². The monoisotopic (exact) mass is 444 g/mol. The Bertz CT molecular complexity index is 639. The van der Waals surface area contributed by atoms with Crippen LogP contribution in [0, 0.1) is 13.8 Å². The predicted molar refractivity (Wildman–Crippen MR) is 110 cm³/mol. The van der Waals surface area contributed by atoms with Crippen LogP contribution < -0.4 is 10.6 Å². The molecule has 0 radical (unpaired) electrons. The average Bonchev–Trinajstić information content (AvgIpc) is 2.92. The molecule has 1 aromatic carbocycles. The zero-order valence-corrected chi connectivity index (χ0v) is 17.2. The number of nitrogens with one attached hydrogen (secondary N) is 2. The van der Waals surface area contributed by atoms with Gasteiger partial charge in [-0.25, -0.2) is 4.98 Å². The quantitative estimate of drug-likeness (QED) is 0.419. The van der Waals surface area contributed by atoms with Gasteiger partial charge in [0.15, 0.2) is 5.96 Å². The third-order valence-corrected chi connectivity index (χ3v) is 4.61. The maximum absolute atomic E-state index is 4.28. The molecule has 6 heteroatoms. The summed E-state index contributed by atoms with van der Waals surface area (Å²) in [4.78, 5) is 9.78. The van der Waals surface area contributed by atoms with Gasteiger partial charge in [-0.2, -0.15) is 0 Å². The molecule has 0 aliphatic rings. The van der Waals surface area contributed by atoms with Gasteiger partial charge in [-0.1, -0.05) is 36.8 Å². The number of hydrogen-bond donors (Lipinski definition) is 2. The summed E-state index contributed by atoms with van der Waals surface area (Å²) in [5, 5.41) is 6.73. The smallest absolute Gasteiger partial charge is 0.191 e. The summed E-state index contributed by atoms with van der Waals surface area (Å²) >= 11 is 1.67. The summed E-state index contributed by atoms with van der Waals surface area (Å²) in [5.74, 6) is 1.26. The number of thiazole rings is 1. The Morgan fingerprint density at radius 1 is 1.30 bits per heavy atom. The Morgan fingerprint density at radius 2 is 2.09 bits per heavy atom. The van der Waals surface area contributed by atoms with Crippen LogP contribution >= 0.6 is 35.3 Å². The Hall–Kier alpha value is -1.15. The van der Waals surface area contributed by atoms with Crippen molar-refractivity contribution in [3.8, 4) is 0 Å². The van der Waals surface area contributed by atoms with Crippen LogP contribution in [0.5, 0.6) is 0 Å². The second kappa shape index (κ2) is 9.87. The second-order valence-corrected chi connectivity index (χ2v) is 6.42. The van der Waals surface area contributed by atoms with E-state index in [0.717, 1.165) is 24.7 Å². The number of aryl methyl sites for hydroxylation is 2. The largest absolute Gasteiger partial charge is 0.356 e. The summed E-state index contributed by atoms with van der Waals surface area (Å²) in [7, 11) is 1.80. The molecule has 0 amide bonds. The third kappa shape index (κ3) is 6.10. The van der Waals surface area contributed by atoms with Gasteiger partial charge in [0.25, 0.3) is 0 Å². The summed E-state index contributed by atoms with van der Waals surface area (Å²) in [6, 6.07) is 8.65. The first-order valence-corrected chi connectivity index (χ1v) is 8.38. The number of aromatic nitrogens is 1. The summed E-state index contributed by atoms with van der Waals surface area (Å²) in [5.41, 5.74) is 5.61. The number of rotatable bonds is 5. The number of aliphatic imine (C=N–C) groups is 1. The normalized spacial score (nSPS) is 12.4. The highest BCUT2D eigenvalue weighted by molar-refractivity contribution is 14.0. The van der Waals surface area contributed by atoms with E-state index >= 15 is 0 Å². The number of guanidine groups is 1. The average molecular weight is 444 g/mol. The van der Waals surface area contributed by atoms with E-state index < -0.39 is 0 Å². The number of hydrogen-bond acceptors (Lipinski definition) is 3. The second-order valence-electron chi connectivity index (χ2n) is 5.48. The molecule has 0 bridgehead atoms. The van der Waals surface area contributed by atoms with Crippen LogP contribution in [0.3, 0.4) is 0 Å². The lowest BCUT2D eigenvalue weighted by Crippen LogP contribution is -2.38. The SMILES string of the molecule is CN=C(NCc1scnc1C)NCC(C)c1cccc(C)c1.I. The standard InChI is InChI=1S/C17H24N4S.HI/c1-12-6-5-7-15(8-12)13(2)9-19-17(18-4)20-10-16-14(3)21-11-22-16;/h5-8,11,13H,9-10H2,1-4H3,(H2,18,19,20);1H. The molecule has 1 aromatic heterocycles. The molecule has 126 valence electrons. The van der Waals surface area contributed by atoms with Gasteiger partial charge in [-0.15, -0.1) is 35.3 Å². The first kappa shape index (κ1) is 19.9. The molecule has 0 saturated carbocycles. The molecular formula is C17H25IN4S. The molecule has 23 heavy (non-hydrogen) atoms. The fourth-order valence-electron chi connectivity index (χ4n) is 2.22. The molecule has 0 saturated heterocycles. The van der Waals surface area contributed by atoms with Crippen LogP contribution in [0.15, 0.2) is 34.8 Å². The van der Waals surface area contributed by atoms with Gasteiger partial charge >= 0.3 is 0 Å². The van der Waals surface area contributed by atoms with Crippen molar-refractivity contribution in [2.24, 2.45) is 4.99 Å². The van der Waals surface area contributed by atoms with Gasteiger partial charge in [-0.3, -0.25) is 4.99 Å². The minimum absolute atomic E-state index is 0. The highest BCUT2D eigenvalue weighted by Crippen LogP contribution is 2.15. The summed E-state index contributed by atoms with van der Waals surface area (Å²) in [6.07, 6.45) is 0. The van der Waals surface area contributed by atoms with Gasteiger partial charge in [-0.05, 0) is 25.3 Å². The molecule has 4 nitrogen and oxygen atoms in total. The molecule has 1 unspecified atom stereocenters. The van der Waals surface area contributed by atoms with E-state index in [1.54, 1.807) is 18.4 Å². The maximum Gasteiger partial charge on any atom is 0.191 e. The van der Waals surface area contributed by atoms with E-state index in [1.807, 2.05) is 12.4 Å². The van der Waals surface area contributed by atoms with Crippen LogP contribution in [0.1, 0.15) is 34.5 Å². The van der Waals surface area contributed by atoms with Gasteiger partial charge in [0.2, 0.25) is 0 Å². The van der Waals surface area contributed by atoms with Crippen molar-refractivity contribution in [3.63, 3.8) is 0 Å². The van der Waals surface area contributed by atoms with Crippen molar-refractivity contribution in [2.75, 3.05) is 13.6 Å². The van der Waals surface area contributed by atoms with Crippen LogP contribution in [0.25, 0.3) is 0 Å². The summed E-state index contributed by atoms with van der Waals surface area (Å²) in [6.45, 7) is 7.99. The van der Waals surface area contributed by atoms with Crippen LogP contribution in [0.2, 0.25) is 0 Å². The third-order valence-electron chi connectivity index (χ3n) is 3.67.